The number of carbonyl (C=O) groups is 1. The molecule has 1 amide bonds. The summed E-state index contributed by atoms with van der Waals surface area (Å²) >= 11 is 0. The average molecular weight is 380 g/mol. The maximum Gasteiger partial charge on any atom is 0.293 e. The Morgan fingerprint density at radius 1 is 1.18 bits per heavy atom. The molecule has 4 heterocycles. The molecule has 0 N–H and O–H groups in total. The Morgan fingerprint density at radius 3 is 2.93 bits per heavy atom. The van der Waals surface area contributed by atoms with Gasteiger partial charge < -0.3 is 4.90 Å². The van der Waals surface area contributed by atoms with Gasteiger partial charge in [-0.2, -0.15) is 4.98 Å². The molecule has 1 saturated carbocycles. The molecule has 1 atom stereocenters. The second-order valence-electron chi connectivity index (χ2n) is 7.91. The van der Waals surface area contributed by atoms with Crippen LogP contribution in [-0.2, 0) is 6.54 Å². The van der Waals surface area contributed by atoms with Crippen LogP contribution in [0.1, 0.15) is 60.8 Å². The van der Waals surface area contributed by atoms with Crippen LogP contribution >= 0.6 is 0 Å². The summed E-state index contributed by atoms with van der Waals surface area (Å²) < 4.78 is 3.49. The zero-order valence-electron chi connectivity index (χ0n) is 15.8. The summed E-state index contributed by atoms with van der Waals surface area (Å²) in [6.45, 7) is 2.23. The lowest BCUT2D eigenvalue weighted by molar-refractivity contribution is 0.0647. The van der Waals surface area contributed by atoms with Crippen molar-refractivity contribution in [3.05, 3.63) is 36.2 Å². The monoisotopic (exact) mass is 380 g/mol. The molecule has 0 spiro atoms. The van der Waals surface area contributed by atoms with Crippen LogP contribution in [-0.4, -0.2) is 58.5 Å². The van der Waals surface area contributed by atoms with Gasteiger partial charge in [-0.05, 0) is 37.7 Å². The highest BCUT2D eigenvalue weighted by molar-refractivity contribution is 5.90. The van der Waals surface area contributed by atoms with E-state index in [9.17, 15) is 4.79 Å². The van der Waals surface area contributed by atoms with E-state index in [2.05, 4.69) is 31.6 Å². The van der Waals surface area contributed by atoms with Gasteiger partial charge in [-0.3, -0.25) is 9.48 Å². The summed E-state index contributed by atoms with van der Waals surface area (Å²) in [5, 5.41) is 13.0. The molecule has 5 rings (SSSR count). The summed E-state index contributed by atoms with van der Waals surface area (Å²) in [5.74, 6) is 1.48. The number of hydrogen-bond acceptors (Lipinski definition) is 6. The summed E-state index contributed by atoms with van der Waals surface area (Å²) in [7, 11) is 0. The molecule has 0 aromatic carbocycles. The molecular weight excluding hydrogens is 356 g/mol. The van der Waals surface area contributed by atoms with Crippen molar-refractivity contribution in [2.45, 2.75) is 51.0 Å². The first-order valence-corrected chi connectivity index (χ1v) is 10.1. The standard InChI is InChI=1S/C19H24N8O/c28-18(17-21-19-20-8-4-10-27(19)23-17)25-9-3-5-14(11-25)12-26-13-16(22-24-26)15-6-1-2-7-15/h4,8,10,13-15H,1-3,5-7,9,11-12H2/t14-/m0/s1. The summed E-state index contributed by atoms with van der Waals surface area (Å²) in [6.07, 6.45) is 12.6. The smallest absolute Gasteiger partial charge is 0.293 e. The summed E-state index contributed by atoms with van der Waals surface area (Å²) in [5.41, 5.74) is 1.13. The van der Waals surface area contributed by atoms with Crippen molar-refractivity contribution in [3.8, 4) is 0 Å². The van der Waals surface area contributed by atoms with Crippen LogP contribution in [0.2, 0.25) is 0 Å². The van der Waals surface area contributed by atoms with Crippen molar-refractivity contribution in [2.75, 3.05) is 13.1 Å². The molecule has 28 heavy (non-hydrogen) atoms. The van der Waals surface area contributed by atoms with Gasteiger partial charge in [-0.15, -0.1) is 10.2 Å². The van der Waals surface area contributed by atoms with Gasteiger partial charge in [0.15, 0.2) is 0 Å². The maximum absolute atomic E-state index is 12.9. The van der Waals surface area contributed by atoms with E-state index in [0.29, 0.717) is 24.2 Å². The number of hydrogen-bond donors (Lipinski definition) is 0. The van der Waals surface area contributed by atoms with Gasteiger partial charge >= 0.3 is 0 Å². The Balaban J connectivity index is 1.25. The Labute approximate surface area is 162 Å². The third kappa shape index (κ3) is 3.36. The van der Waals surface area contributed by atoms with Crippen LogP contribution in [0.15, 0.2) is 24.7 Å². The predicted octanol–water partition coefficient (Wildman–Crippen LogP) is 1.93. The van der Waals surface area contributed by atoms with E-state index in [1.807, 2.05) is 9.58 Å². The minimum atomic E-state index is -0.125. The summed E-state index contributed by atoms with van der Waals surface area (Å²) in [4.78, 5) is 23.1. The van der Waals surface area contributed by atoms with E-state index in [0.717, 1.165) is 31.6 Å². The average Bonchev–Trinajstić information content (AvgIpc) is 3.47. The van der Waals surface area contributed by atoms with Crippen molar-refractivity contribution in [3.63, 3.8) is 0 Å². The Kier molecular flexibility index (Phi) is 4.50. The lowest BCUT2D eigenvalue weighted by atomic mass is 9.98. The van der Waals surface area contributed by atoms with Crippen LogP contribution in [0.3, 0.4) is 0 Å². The molecule has 1 aliphatic carbocycles. The number of likely N-dealkylation sites (tertiary alicyclic amines) is 1. The molecule has 2 aliphatic rings. The van der Waals surface area contributed by atoms with Crippen LogP contribution in [0.4, 0.5) is 0 Å². The minimum absolute atomic E-state index is 0.125. The fourth-order valence-corrected chi connectivity index (χ4v) is 4.44. The fraction of sp³-hybridized carbons (Fsp3) is 0.579. The largest absolute Gasteiger partial charge is 0.336 e. The number of nitrogens with zero attached hydrogens (tertiary/aromatic N) is 8. The van der Waals surface area contributed by atoms with Gasteiger partial charge in [-0.1, -0.05) is 18.1 Å². The van der Waals surface area contributed by atoms with Crippen molar-refractivity contribution in [1.29, 1.82) is 0 Å². The number of fused-ring (bicyclic) bond motifs is 1. The van der Waals surface area contributed by atoms with Crippen LogP contribution < -0.4 is 0 Å². The summed E-state index contributed by atoms with van der Waals surface area (Å²) in [6, 6.07) is 1.77. The van der Waals surface area contributed by atoms with Crippen molar-refractivity contribution in [2.24, 2.45) is 5.92 Å². The molecular formula is C19H24N8O. The highest BCUT2D eigenvalue weighted by atomic mass is 16.2. The Bertz CT molecular complexity index is 940. The predicted molar refractivity (Wildman–Crippen MR) is 101 cm³/mol. The van der Waals surface area contributed by atoms with E-state index in [1.165, 1.54) is 30.2 Å². The second-order valence-corrected chi connectivity index (χ2v) is 7.91. The minimum Gasteiger partial charge on any atom is -0.336 e. The first kappa shape index (κ1) is 17.3. The van der Waals surface area contributed by atoms with Crippen molar-refractivity contribution < 1.29 is 4.79 Å². The number of carbonyl (C=O) groups excluding carboxylic acids is 1. The van der Waals surface area contributed by atoms with Crippen LogP contribution in [0.25, 0.3) is 5.78 Å². The molecule has 2 fully saturated rings. The number of amides is 1. The third-order valence-corrected chi connectivity index (χ3v) is 5.89. The first-order chi connectivity index (χ1) is 13.8. The normalized spacial score (nSPS) is 20.9. The van der Waals surface area contributed by atoms with Gasteiger partial charge in [0, 0.05) is 44.1 Å². The zero-order chi connectivity index (χ0) is 18.9. The van der Waals surface area contributed by atoms with E-state index in [1.54, 1.807) is 18.5 Å². The topological polar surface area (TPSA) is 94.1 Å². The number of rotatable bonds is 4. The van der Waals surface area contributed by atoms with E-state index >= 15 is 0 Å². The van der Waals surface area contributed by atoms with Crippen molar-refractivity contribution in [1.82, 2.24) is 39.5 Å². The molecule has 0 unspecified atom stereocenters. The lowest BCUT2D eigenvalue weighted by Gasteiger charge is -2.31. The molecule has 1 saturated heterocycles. The van der Waals surface area contributed by atoms with Gasteiger partial charge in [0.1, 0.15) is 0 Å². The number of piperidine rings is 1. The quantitative estimate of drug-likeness (QED) is 0.686. The zero-order valence-corrected chi connectivity index (χ0v) is 15.8. The fourth-order valence-electron chi connectivity index (χ4n) is 4.44. The highest BCUT2D eigenvalue weighted by Gasteiger charge is 2.28. The molecule has 3 aromatic rings. The van der Waals surface area contributed by atoms with E-state index in [4.69, 9.17) is 0 Å². The number of aromatic nitrogens is 7. The van der Waals surface area contributed by atoms with Crippen molar-refractivity contribution >= 4 is 11.7 Å². The molecule has 9 heteroatoms. The first-order valence-electron chi connectivity index (χ1n) is 10.1. The Hall–Kier alpha value is -2.84. The van der Waals surface area contributed by atoms with E-state index < -0.39 is 0 Å². The van der Waals surface area contributed by atoms with Gasteiger partial charge in [-0.25, -0.2) is 9.50 Å². The SMILES string of the molecule is O=C(c1nc2ncccn2n1)N1CCC[C@H](Cn2cc(C3CCCC3)nn2)C1. The molecule has 9 nitrogen and oxygen atoms in total. The second kappa shape index (κ2) is 7.29. The molecule has 0 bridgehead atoms. The van der Waals surface area contributed by atoms with Gasteiger partial charge in [0.2, 0.25) is 5.82 Å². The Morgan fingerprint density at radius 2 is 2.07 bits per heavy atom. The van der Waals surface area contributed by atoms with E-state index in [-0.39, 0.29) is 11.7 Å². The molecule has 3 aromatic heterocycles. The third-order valence-electron chi connectivity index (χ3n) is 5.89. The lowest BCUT2D eigenvalue weighted by Crippen LogP contribution is -2.41. The molecule has 146 valence electrons. The molecule has 0 radical (unpaired) electrons. The van der Waals surface area contributed by atoms with Crippen LogP contribution in [0.5, 0.6) is 0 Å². The maximum atomic E-state index is 12.9. The van der Waals surface area contributed by atoms with Gasteiger partial charge in [0.25, 0.3) is 11.7 Å². The van der Waals surface area contributed by atoms with Gasteiger partial charge in [0.05, 0.1) is 5.69 Å². The van der Waals surface area contributed by atoms with Crippen LogP contribution in [0, 0.1) is 5.92 Å². The molecule has 1 aliphatic heterocycles. The highest BCUT2D eigenvalue weighted by Crippen LogP contribution is 2.32.